The van der Waals surface area contributed by atoms with Gasteiger partial charge in [-0.3, -0.25) is 0 Å². The van der Waals surface area contributed by atoms with E-state index in [9.17, 15) is 5.11 Å². The van der Waals surface area contributed by atoms with Crippen LogP contribution in [0.1, 0.15) is 12.8 Å². The summed E-state index contributed by atoms with van der Waals surface area (Å²) in [5.41, 5.74) is 1.17. The molecule has 82 valence electrons. The fourth-order valence-electron chi connectivity index (χ4n) is 2.49. The van der Waals surface area contributed by atoms with E-state index >= 15 is 0 Å². The first-order valence-electron chi connectivity index (χ1n) is 5.81. The van der Waals surface area contributed by atoms with Gasteiger partial charge in [0.05, 0.1) is 0 Å². The minimum atomic E-state index is 0.362. The van der Waals surface area contributed by atoms with E-state index in [1.807, 2.05) is 18.2 Å². The molecular formula is C14H15NO. The van der Waals surface area contributed by atoms with Crippen molar-refractivity contribution in [3.05, 3.63) is 36.4 Å². The summed E-state index contributed by atoms with van der Waals surface area (Å²) in [5.74, 6) is 0.362. The lowest BCUT2D eigenvalue weighted by Gasteiger charge is -2.20. The molecule has 1 fully saturated rings. The molecule has 2 aromatic rings. The molecule has 0 radical (unpaired) electrons. The van der Waals surface area contributed by atoms with Gasteiger partial charge in [0.15, 0.2) is 0 Å². The first kappa shape index (κ1) is 9.52. The molecule has 2 heteroatoms. The zero-order valence-corrected chi connectivity index (χ0v) is 9.19. The number of hydrogen-bond acceptors (Lipinski definition) is 2. The van der Waals surface area contributed by atoms with Crippen molar-refractivity contribution in [1.29, 1.82) is 0 Å². The average Bonchev–Trinajstić information content (AvgIpc) is 2.81. The average molecular weight is 213 g/mol. The highest BCUT2D eigenvalue weighted by Crippen LogP contribution is 2.33. The maximum atomic E-state index is 9.74. The number of nitrogens with zero attached hydrogens (tertiary/aromatic N) is 1. The largest absolute Gasteiger partial charge is 0.508 e. The predicted molar refractivity (Wildman–Crippen MR) is 67.1 cm³/mol. The molecule has 0 atom stereocenters. The van der Waals surface area contributed by atoms with Crippen molar-refractivity contribution < 1.29 is 5.11 Å². The van der Waals surface area contributed by atoms with Crippen LogP contribution in [0, 0.1) is 0 Å². The summed E-state index contributed by atoms with van der Waals surface area (Å²) < 4.78 is 0. The van der Waals surface area contributed by atoms with Crippen LogP contribution >= 0.6 is 0 Å². The zero-order valence-electron chi connectivity index (χ0n) is 9.19. The summed E-state index contributed by atoms with van der Waals surface area (Å²) in [6.07, 6.45) is 2.51. The maximum Gasteiger partial charge on any atom is 0.118 e. The van der Waals surface area contributed by atoms with Crippen LogP contribution in [0.5, 0.6) is 5.75 Å². The number of phenolic OH excluding ortho intramolecular Hbond substituents is 1. The number of anilines is 1. The molecule has 0 spiro atoms. The van der Waals surface area contributed by atoms with Crippen molar-refractivity contribution in [3.8, 4) is 5.75 Å². The predicted octanol–water partition coefficient (Wildman–Crippen LogP) is 3.15. The molecule has 0 unspecified atom stereocenters. The van der Waals surface area contributed by atoms with E-state index in [4.69, 9.17) is 0 Å². The summed E-state index contributed by atoms with van der Waals surface area (Å²) in [7, 11) is 0. The van der Waals surface area contributed by atoms with Gasteiger partial charge in [-0.2, -0.15) is 0 Å². The highest BCUT2D eigenvalue weighted by atomic mass is 16.3. The summed E-state index contributed by atoms with van der Waals surface area (Å²) >= 11 is 0. The first-order chi connectivity index (χ1) is 7.84. The van der Waals surface area contributed by atoms with Gasteiger partial charge in [0.2, 0.25) is 0 Å². The van der Waals surface area contributed by atoms with E-state index in [1.165, 1.54) is 23.9 Å². The molecule has 0 saturated carbocycles. The molecule has 1 aliphatic heterocycles. The third-order valence-corrected chi connectivity index (χ3v) is 3.27. The van der Waals surface area contributed by atoms with Crippen molar-refractivity contribution in [2.75, 3.05) is 18.0 Å². The van der Waals surface area contributed by atoms with Gasteiger partial charge in [-0.25, -0.2) is 0 Å². The van der Waals surface area contributed by atoms with Crippen LogP contribution in [-0.4, -0.2) is 18.2 Å². The Kier molecular flexibility index (Phi) is 2.21. The van der Waals surface area contributed by atoms with Gasteiger partial charge in [-0.15, -0.1) is 0 Å². The van der Waals surface area contributed by atoms with E-state index in [-0.39, 0.29) is 0 Å². The lowest BCUT2D eigenvalue weighted by molar-refractivity contribution is 0.476. The molecule has 1 saturated heterocycles. The molecular weight excluding hydrogens is 198 g/mol. The van der Waals surface area contributed by atoms with Gasteiger partial charge in [0, 0.05) is 30.2 Å². The van der Waals surface area contributed by atoms with E-state index in [0.717, 1.165) is 18.5 Å². The monoisotopic (exact) mass is 213 g/mol. The van der Waals surface area contributed by atoms with Gasteiger partial charge in [-0.05, 0) is 24.3 Å². The SMILES string of the molecule is Oc1cc(N2CCCC2)c2ccccc2c1. The van der Waals surface area contributed by atoms with Crippen LogP contribution < -0.4 is 4.90 Å². The van der Waals surface area contributed by atoms with Crippen LogP contribution in [0.2, 0.25) is 0 Å². The lowest BCUT2D eigenvalue weighted by Crippen LogP contribution is -2.17. The van der Waals surface area contributed by atoms with E-state index in [2.05, 4.69) is 23.1 Å². The van der Waals surface area contributed by atoms with Gasteiger partial charge < -0.3 is 10.0 Å². The van der Waals surface area contributed by atoms with Crippen LogP contribution in [0.15, 0.2) is 36.4 Å². The molecule has 2 aromatic carbocycles. The smallest absolute Gasteiger partial charge is 0.118 e. The van der Waals surface area contributed by atoms with Crippen molar-refractivity contribution in [2.45, 2.75) is 12.8 Å². The first-order valence-corrected chi connectivity index (χ1v) is 5.81. The van der Waals surface area contributed by atoms with Crippen molar-refractivity contribution >= 4 is 16.5 Å². The third kappa shape index (κ3) is 1.51. The third-order valence-electron chi connectivity index (χ3n) is 3.27. The molecule has 0 aromatic heterocycles. The van der Waals surface area contributed by atoms with Crippen molar-refractivity contribution in [2.24, 2.45) is 0 Å². The Bertz CT molecular complexity index is 515. The fraction of sp³-hybridized carbons (Fsp3) is 0.286. The summed E-state index contributed by atoms with van der Waals surface area (Å²) in [4.78, 5) is 2.36. The Hall–Kier alpha value is -1.70. The molecule has 0 bridgehead atoms. The fourth-order valence-corrected chi connectivity index (χ4v) is 2.49. The van der Waals surface area contributed by atoms with E-state index < -0.39 is 0 Å². The summed E-state index contributed by atoms with van der Waals surface area (Å²) in [6, 6.07) is 12.0. The Balaban J connectivity index is 2.21. The van der Waals surface area contributed by atoms with Crippen LogP contribution in [0.4, 0.5) is 5.69 Å². The Morgan fingerprint density at radius 1 is 1.00 bits per heavy atom. The van der Waals surface area contributed by atoms with Gasteiger partial charge in [0.25, 0.3) is 0 Å². The molecule has 0 aliphatic carbocycles. The second kappa shape index (κ2) is 3.71. The standard InChI is InChI=1S/C14H15NO/c16-12-9-11-5-1-2-6-13(11)14(10-12)15-7-3-4-8-15/h1-2,5-6,9-10,16H,3-4,7-8H2. The second-order valence-corrected chi connectivity index (χ2v) is 4.38. The zero-order chi connectivity index (χ0) is 11.0. The molecule has 1 N–H and O–H groups in total. The number of hydrogen-bond donors (Lipinski definition) is 1. The summed E-state index contributed by atoms with van der Waals surface area (Å²) in [6.45, 7) is 2.21. The molecule has 2 nitrogen and oxygen atoms in total. The second-order valence-electron chi connectivity index (χ2n) is 4.38. The maximum absolute atomic E-state index is 9.74. The highest BCUT2D eigenvalue weighted by Gasteiger charge is 2.15. The Morgan fingerprint density at radius 3 is 2.56 bits per heavy atom. The molecule has 16 heavy (non-hydrogen) atoms. The Labute approximate surface area is 95.1 Å². The topological polar surface area (TPSA) is 23.5 Å². The van der Waals surface area contributed by atoms with E-state index in [0.29, 0.717) is 5.75 Å². The van der Waals surface area contributed by atoms with Crippen molar-refractivity contribution in [3.63, 3.8) is 0 Å². The Morgan fingerprint density at radius 2 is 1.75 bits per heavy atom. The quantitative estimate of drug-likeness (QED) is 0.786. The minimum absolute atomic E-state index is 0.362. The minimum Gasteiger partial charge on any atom is -0.508 e. The van der Waals surface area contributed by atoms with Crippen LogP contribution in [0.3, 0.4) is 0 Å². The molecule has 1 aliphatic rings. The molecule has 0 amide bonds. The number of rotatable bonds is 1. The summed E-state index contributed by atoms with van der Waals surface area (Å²) in [5, 5.41) is 12.1. The van der Waals surface area contributed by atoms with Gasteiger partial charge in [-0.1, -0.05) is 24.3 Å². The van der Waals surface area contributed by atoms with Crippen molar-refractivity contribution in [1.82, 2.24) is 0 Å². The lowest BCUT2D eigenvalue weighted by atomic mass is 10.1. The number of fused-ring (bicyclic) bond motifs is 1. The van der Waals surface area contributed by atoms with Crippen LogP contribution in [-0.2, 0) is 0 Å². The number of benzene rings is 2. The molecule has 1 heterocycles. The van der Waals surface area contributed by atoms with Gasteiger partial charge >= 0.3 is 0 Å². The normalized spacial score (nSPS) is 15.9. The molecule has 3 rings (SSSR count). The van der Waals surface area contributed by atoms with E-state index in [1.54, 1.807) is 0 Å². The van der Waals surface area contributed by atoms with Crippen LogP contribution in [0.25, 0.3) is 10.8 Å². The number of aromatic hydroxyl groups is 1. The highest BCUT2D eigenvalue weighted by molar-refractivity contribution is 5.95. The van der Waals surface area contributed by atoms with Gasteiger partial charge in [0.1, 0.15) is 5.75 Å². The number of phenols is 1.